The third-order valence-corrected chi connectivity index (χ3v) is 21.8. The van der Waals surface area contributed by atoms with Crippen molar-refractivity contribution in [1.82, 2.24) is 52.1 Å². The number of ether oxygens (including phenoxy) is 2. The Morgan fingerprint density at radius 2 is 0.978 bits per heavy atom. The van der Waals surface area contributed by atoms with Crippen molar-refractivity contribution in [2.24, 2.45) is 22.7 Å². The first-order valence-corrected chi connectivity index (χ1v) is 33.9. The van der Waals surface area contributed by atoms with Crippen LogP contribution in [0.25, 0.3) is 34.0 Å². The molecule has 6 heterocycles. The third kappa shape index (κ3) is 16.9. The average Bonchev–Trinajstić information content (AvgIpc) is 2.01. The van der Waals surface area contributed by atoms with Gasteiger partial charge in [0.25, 0.3) is 23.6 Å². The van der Waals surface area contributed by atoms with E-state index in [9.17, 15) is 43.5 Å². The van der Waals surface area contributed by atoms with E-state index in [-0.39, 0.29) is 35.4 Å². The molecule has 2 aromatic carbocycles. The van der Waals surface area contributed by atoms with E-state index in [1.165, 1.54) is 16.9 Å². The van der Waals surface area contributed by atoms with Gasteiger partial charge in [0.1, 0.15) is 35.0 Å². The second kappa shape index (κ2) is 28.6. The van der Waals surface area contributed by atoms with Gasteiger partial charge in [-0.3, -0.25) is 58.3 Å². The molecule has 482 valence electrons. The summed E-state index contributed by atoms with van der Waals surface area (Å²) >= 11 is 0. The zero-order chi connectivity index (χ0) is 65.5. The zero-order valence-electron chi connectivity index (χ0n) is 54.2. The minimum atomic E-state index is -2.27. The molecule has 4 aromatic rings. The summed E-state index contributed by atoms with van der Waals surface area (Å²) in [6.45, 7) is 28.1. The molecule has 0 unspecified atom stereocenters. The van der Waals surface area contributed by atoms with Gasteiger partial charge in [-0.05, 0) is 133 Å². The number of aromatic nitrogens is 2. The Morgan fingerprint density at radius 1 is 0.596 bits per heavy atom. The lowest BCUT2D eigenvalue weighted by Gasteiger charge is -2.39. The molecule has 2 saturated heterocycles. The highest BCUT2D eigenvalue weighted by molar-refractivity contribution is 6.74. The van der Waals surface area contributed by atoms with Crippen molar-refractivity contribution in [2.75, 3.05) is 26.3 Å². The molecular formula is C66H92N10O12Si. The minimum absolute atomic E-state index is 0.0646. The maximum Gasteiger partial charge on any atom is 0.318 e. The van der Waals surface area contributed by atoms with E-state index in [1.807, 2.05) is 80.6 Å². The van der Waals surface area contributed by atoms with Gasteiger partial charge in [0, 0.05) is 23.9 Å². The molecule has 4 aliphatic heterocycles. The SMILES string of the molecule is CC(C)[C@@H]1OC(=O)[C@@](C)(CO)/C=C/c2ccc3ccc(nc3c2)[C@@H](C)NC(=O)[C@@H]2CCCN(N2)C(=O)[C@H](C)NC1=O.CC(C)[C@@H]1OC(=O)[C@@](C)(CO[Si](C)(C)C(C)(C)C)/C=C/c2ccc3ccc(nc3c2)[C@@H](C)NC(=O)[C@@H]2CCCN(N2)C(=O)[C@H](C)NC1=O. The summed E-state index contributed by atoms with van der Waals surface area (Å²) in [6.07, 6.45) is 6.83. The topological polar surface area (TPSA) is 289 Å². The fourth-order valence-corrected chi connectivity index (χ4v) is 11.3. The quantitative estimate of drug-likeness (QED) is 0.0753. The number of fused-ring (bicyclic) bond motifs is 8. The zero-order valence-corrected chi connectivity index (χ0v) is 55.2. The molecular weight excluding hydrogens is 1150 g/mol. The maximum atomic E-state index is 14.1. The van der Waals surface area contributed by atoms with Crippen molar-refractivity contribution >= 4 is 89.7 Å². The first kappa shape index (κ1) is 69.0. The van der Waals surface area contributed by atoms with Crippen LogP contribution in [0.4, 0.5) is 0 Å². The van der Waals surface area contributed by atoms with Crippen LogP contribution >= 0.6 is 0 Å². The summed E-state index contributed by atoms with van der Waals surface area (Å²) < 4.78 is 18.2. The summed E-state index contributed by atoms with van der Waals surface area (Å²) in [6, 6.07) is 15.2. The number of cyclic esters (lactones) is 2. The lowest BCUT2D eigenvalue weighted by Crippen LogP contribution is -2.61. The Bertz CT molecular complexity index is 3370. The highest BCUT2D eigenvalue weighted by atomic mass is 28.4. The number of nitrogens with one attached hydrogen (secondary N) is 6. The van der Waals surface area contributed by atoms with Gasteiger partial charge < -0.3 is 40.3 Å². The van der Waals surface area contributed by atoms with Crippen LogP contribution in [-0.2, 0) is 52.3 Å². The monoisotopic (exact) mass is 1240 g/mol. The second-order valence-corrected chi connectivity index (χ2v) is 31.6. The van der Waals surface area contributed by atoms with E-state index in [2.05, 4.69) is 66.0 Å². The van der Waals surface area contributed by atoms with Gasteiger partial charge in [-0.25, -0.2) is 10.9 Å². The molecule has 0 saturated carbocycles. The maximum absolute atomic E-state index is 14.1. The van der Waals surface area contributed by atoms with Gasteiger partial charge in [-0.2, -0.15) is 0 Å². The van der Waals surface area contributed by atoms with Gasteiger partial charge in [-0.1, -0.05) is 109 Å². The van der Waals surface area contributed by atoms with Gasteiger partial charge in [0.2, 0.25) is 11.8 Å². The van der Waals surface area contributed by atoms with Crippen molar-refractivity contribution in [1.29, 1.82) is 0 Å². The summed E-state index contributed by atoms with van der Waals surface area (Å²) in [5.41, 5.74) is 7.74. The van der Waals surface area contributed by atoms with E-state index in [0.717, 1.165) is 27.4 Å². The van der Waals surface area contributed by atoms with Crippen molar-refractivity contribution in [2.45, 2.75) is 182 Å². The van der Waals surface area contributed by atoms with Gasteiger partial charge in [0.15, 0.2) is 20.5 Å². The molecule has 6 amide bonds. The number of hydrogen-bond donors (Lipinski definition) is 7. The average molecular weight is 1250 g/mol. The van der Waals surface area contributed by atoms with Crippen molar-refractivity contribution in [3.63, 3.8) is 0 Å². The molecule has 10 atom stereocenters. The van der Waals surface area contributed by atoms with Crippen molar-refractivity contribution < 1.29 is 57.4 Å². The summed E-state index contributed by atoms with van der Waals surface area (Å²) in [5.74, 6) is -4.66. The standard InChI is InChI=1S/C36H53N5O6Si.C30H39N5O6/c1-22(2)30-32(43)38-24(4)33(44)41-19-11-12-28(40-41)31(42)37-23(3)27-16-15-26-14-13-25(20-29(26)39-27)17-18-36(8,34(45)47-30)21-46-48(9,10)35(5,6)7;1-17(2)25-27(38)32-19(4)28(39)35-14-6-7-23(34-35)26(37)31-18(3)22-11-10-21-9-8-20(15-24(21)33-22)12-13-30(5,16-36)29(40)41-25/h13-18,20,22-24,28,30,40H,11-12,19,21H2,1-10H3,(H,37,42)(H,38,43);8-13,15,17-19,23,25,34,36H,6-7,14,16H2,1-5H3,(H,31,37)(H,32,38)/b18-17+;13-12+/t23-,24+,28+,30+,36-;18-,19+,23+,25+,30-/m11/s1. The number of nitrogens with zero attached hydrogens (tertiary/aromatic N) is 4. The third-order valence-electron chi connectivity index (χ3n) is 17.4. The number of rotatable bonds is 6. The van der Waals surface area contributed by atoms with Crippen LogP contribution in [0.3, 0.4) is 0 Å². The molecule has 8 rings (SSSR count). The van der Waals surface area contributed by atoms with E-state index in [4.69, 9.17) is 23.9 Å². The molecule has 0 spiro atoms. The molecule has 2 fully saturated rings. The largest absolute Gasteiger partial charge is 0.451 e. The predicted octanol–water partition coefficient (Wildman–Crippen LogP) is 7.04. The molecule has 89 heavy (non-hydrogen) atoms. The molecule has 10 bridgehead atoms. The first-order chi connectivity index (χ1) is 41.7. The highest BCUT2D eigenvalue weighted by Crippen LogP contribution is 2.39. The number of carbonyl (C=O) groups excluding carboxylic acids is 8. The molecule has 0 aliphatic carbocycles. The van der Waals surface area contributed by atoms with Crippen LogP contribution < -0.4 is 32.1 Å². The van der Waals surface area contributed by atoms with Crippen LogP contribution in [0.5, 0.6) is 0 Å². The molecule has 4 aliphatic rings. The predicted molar refractivity (Wildman–Crippen MR) is 342 cm³/mol. The lowest BCUT2D eigenvalue weighted by molar-refractivity contribution is -0.167. The normalized spacial score (nSPS) is 28.2. The van der Waals surface area contributed by atoms with E-state index in [0.29, 0.717) is 55.7 Å². The Morgan fingerprint density at radius 3 is 1.37 bits per heavy atom. The highest BCUT2D eigenvalue weighted by Gasteiger charge is 2.44. The van der Waals surface area contributed by atoms with Gasteiger partial charge >= 0.3 is 11.9 Å². The van der Waals surface area contributed by atoms with Crippen molar-refractivity contribution in [3.8, 4) is 0 Å². The van der Waals surface area contributed by atoms with Gasteiger partial charge in [-0.15, -0.1) is 0 Å². The molecule has 22 nitrogen and oxygen atoms in total. The Balaban J connectivity index is 0.000000257. The van der Waals surface area contributed by atoms with E-state index < -0.39 is 110 Å². The minimum Gasteiger partial charge on any atom is -0.451 e. The fourth-order valence-electron chi connectivity index (χ4n) is 10.2. The number of hydrogen-bond acceptors (Lipinski definition) is 16. The van der Waals surface area contributed by atoms with E-state index in [1.54, 1.807) is 66.7 Å². The van der Waals surface area contributed by atoms with Crippen molar-refractivity contribution in [3.05, 3.63) is 95.3 Å². The van der Waals surface area contributed by atoms with Crippen LogP contribution in [0.15, 0.2) is 72.8 Å². The Hall–Kier alpha value is -7.44. The number of benzene rings is 2. The second-order valence-electron chi connectivity index (χ2n) is 26.8. The number of carbonyl (C=O) groups is 8. The molecule has 2 aromatic heterocycles. The van der Waals surface area contributed by atoms with Gasteiger partial charge in [0.05, 0.1) is 47.7 Å². The lowest BCUT2D eigenvalue weighted by atomic mass is 9.90. The molecule has 23 heteroatoms. The van der Waals surface area contributed by atoms with Crippen LogP contribution in [0.2, 0.25) is 18.1 Å². The summed E-state index contributed by atoms with van der Waals surface area (Å²) in [5, 5.41) is 26.1. The van der Waals surface area contributed by atoms with Crippen LogP contribution in [-0.4, -0.2) is 143 Å². The molecule has 7 N–H and O–H groups in total. The van der Waals surface area contributed by atoms with E-state index >= 15 is 0 Å². The smallest absolute Gasteiger partial charge is 0.318 e. The number of amides is 6. The number of pyridine rings is 2. The number of aliphatic hydroxyl groups is 1. The first-order valence-electron chi connectivity index (χ1n) is 31.0. The fraction of sp³-hybridized carbons (Fsp3) is 0.545. The molecule has 0 radical (unpaired) electrons. The number of hydrazine groups is 2. The van der Waals surface area contributed by atoms with Crippen LogP contribution in [0, 0.1) is 22.7 Å². The van der Waals surface area contributed by atoms with Crippen LogP contribution in [0.1, 0.15) is 150 Å². The Kier molecular flexibility index (Phi) is 22.2. The number of aliphatic hydroxyl groups excluding tert-OH is 1. The number of esters is 2. The summed E-state index contributed by atoms with van der Waals surface area (Å²) in [4.78, 5) is 117. The Labute approximate surface area is 523 Å². The summed E-state index contributed by atoms with van der Waals surface area (Å²) in [7, 11) is -2.27.